The van der Waals surface area contributed by atoms with Crippen molar-refractivity contribution in [3.8, 4) is 0 Å². The van der Waals surface area contributed by atoms with Crippen molar-refractivity contribution in [2.45, 2.75) is 13.5 Å². The molecule has 0 saturated carbocycles. The molecule has 2 aromatic rings. The number of amides is 1. The van der Waals surface area contributed by atoms with E-state index in [1.54, 1.807) is 30.5 Å². The molecule has 0 saturated heterocycles. The molecule has 0 unspecified atom stereocenters. The second-order valence-corrected chi connectivity index (χ2v) is 7.06. The van der Waals surface area contributed by atoms with E-state index in [1.165, 1.54) is 10.4 Å². The molecule has 0 aliphatic heterocycles. The van der Waals surface area contributed by atoms with Crippen molar-refractivity contribution in [2.75, 3.05) is 20.1 Å². The fourth-order valence-corrected chi connectivity index (χ4v) is 3.14. The van der Waals surface area contributed by atoms with Crippen LogP contribution >= 0.6 is 27.3 Å². The summed E-state index contributed by atoms with van der Waals surface area (Å²) in [5.41, 5.74) is 1.93. The Morgan fingerprint density at radius 3 is 2.46 bits per heavy atom. The Morgan fingerprint density at radius 1 is 1.12 bits per heavy atom. The molecule has 1 aromatic heterocycles. The molecule has 0 bridgehead atoms. The molecule has 1 amide bonds. The maximum absolute atomic E-state index is 12.0. The summed E-state index contributed by atoms with van der Waals surface area (Å²) in [6.07, 6.45) is 0. The Bertz CT molecular complexity index is 697. The molecule has 5 nitrogen and oxygen atoms in total. The van der Waals surface area contributed by atoms with Gasteiger partial charge in [-0.25, -0.2) is 0 Å². The highest BCUT2D eigenvalue weighted by Crippen LogP contribution is 2.14. The van der Waals surface area contributed by atoms with E-state index in [4.69, 9.17) is 0 Å². The topological polar surface area (TPSA) is 65.5 Å². The lowest BCUT2D eigenvalue weighted by Gasteiger charge is -2.12. The number of nitrogens with one attached hydrogen (secondary N) is 3. The quantitative estimate of drug-likeness (QED) is 0.391. The first-order valence-electron chi connectivity index (χ1n) is 7.61. The van der Waals surface area contributed by atoms with Crippen LogP contribution in [-0.4, -0.2) is 32.0 Å². The van der Waals surface area contributed by atoms with Crippen LogP contribution in [0.15, 0.2) is 45.2 Å². The molecular weight excluding hydrogens is 388 g/mol. The smallest absolute Gasteiger partial charge is 0.251 e. The zero-order chi connectivity index (χ0) is 17.4. The van der Waals surface area contributed by atoms with Crippen LogP contribution in [0.4, 0.5) is 0 Å². The number of benzene rings is 1. The fraction of sp³-hybridized carbons (Fsp3) is 0.294. The lowest BCUT2D eigenvalue weighted by Crippen LogP contribution is -2.41. The molecule has 128 valence electrons. The fourth-order valence-electron chi connectivity index (χ4n) is 2.03. The number of aliphatic imine (C=N–C) groups is 1. The maximum Gasteiger partial charge on any atom is 0.251 e. The molecule has 1 heterocycles. The summed E-state index contributed by atoms with van der Waals surface area (Å²) in [6.45, 7) is 3.97. The van der Waals surface area contributed by atoms with E-state index in [9.17, 15) is 4.79 Å². The van der Waals surface area contributed by atoms with Gasteiger partial charge in [0.1, 0.15) is 0 Å². The highest BCUT2D eigenvalue weighted by atomic mass is 79.9. The van der Waals surface area contributed by atoms with E-state index < -0.39 is 0 Å². The number of guanidine groups is 1. The van der Waals surface area contributed by atoms with E-state index >= 15 is 0 Å². The van der Waals surface area contributed by atoms with Gasteiger partial charge in [0, 0.05) is 35.1 Å². The van der Waals surface area contributed by atoms with Crippen molar-refractivity contribution < 1.29 is 4.79 Å². The van der Waals surface area contributed by atoms with Gasteiger partial charge in [-0.3, -0.25) is 9.79 Å². The van der Waals surface area contributed by atoms with Crippen LogP contribution in [0.5, 0.6) is 0 Å². The van der Waals surface area contributed by atoms with Gasteiger partial charge in [-0.05, 0) is 48.2 Å². The third-order valence-electron chi connectivity index (χ3n) is 3.42. The summed E-state index contributed by atoms with van der Waals surface area (Å²) >= 11 is 5.08. The summed E-state index contributed by atoms with van der Waals surface area (Å²) < 4.78 is 0.955. The van der Waals surface area contributed by atoms with Crippen LogP contribution < -0.4 is 16.0 Å². The van der Waals surface area contributed by atoms with Gasteiger partial charge in [-0.1, -0.05) is 15.9 Å². The molecule has 3 N–H and O–H groups in total. The Hall–Kier alpha value is -1.86. The van der Waals surface area contributed by atoms with Gasteiger partial charge in [0.05, 0.1) is 6.54 Å². The molecule has 0 aliphatic carbocycles. The number of nitrogens with zero attached hydrogens (tertiary/aromatic N) is 1. The largest absolute Gasteiger partial charge is 0.355 e. The van der Waals surface area contributed by atoms with E-state index in [1.807, 2.05) is 12.1 Å². The van der Waals surface area contributed by atoms with Crippen molar-refractivity contribution in [1.82, 2.24) is 16.0 Å². The number of hydrogen-bond donors (Lipinski definition) is 3. The lowest BCUT2D eigenvalue weighted by molar-refractivity contribution is 0.0954. The number of carbonyl (C=O) groups is 1. The molecule has 2 rings (SSSR count). The van der Waals surface area contributed by atoms with E-state index in [-0.39, 0.29) is 5.91 Å². The minimum absolute atomic E-state index is 0.0820. The standard InChI is InChI=1S/C17H21BrN4OS/c1-12-7-10-24-15(12)11-22-17(19-2)21-9-8-20-16(23)13-3-5-14(18)6-4-13/h3-7,10H,8-9,11H2,1-2H3,(H,20,23)(H2,19,21,22). The van der Waals surface area contributed by atoms with E-state index in [0.29, 0.717) is 18.7 Å². The minimum Gasteiger partial charge on any atom is -0.355 e. The van der Waals surface area contributed by atoms with Crippen molar-refractivity contribution >= 4 is 39.1 Å². The molecule has 0 spiro atoms. The summed E-state index contributed by atoms with van der Waals surface area (Å²) in [5, 5.41) is 11.4. The van der Waals surface area contributed by atoms with Gasteiger partial charge in [0.25, 0.3) is 5.91 Å². The summed E-state index contributed by atoms with van der Waals surface area (Å²) in [5.74, 6) is 0.641. The number of aryl methyl sites for hydroxylation is 1. The van der Waals surface area contributed by atoms with E-state index in [2.05, 4.69) is 55.2 Å². The Morgan fingerprint density at radius 2 is 1.83 bits per heavy atom. The molecule has 0 aliphatic rings. The average molecular weight is 409 g/mol. The Labute approximate surface area is 154 Å². The van der Waals surface area contributed by atoms with Crippen molar-refractivity contribution in [3.63, 3.8) is 0 Å². The van der Waals surface area contributed by atoms with Crippen LogP contribution in [0.3, 0.4) is 0 Å². The predicted octanol–water partition coefficient (Wildman–Crippen LogP) is 2.91. The van der Waals surface area contributed by atoms with Gasteiger partial charge in [-0.15, -0.1) is 11.3 Å². The zero-order valence-electron chi connectivity index (χ0n) is 13.7. The second-order valence-electron chi connectivity index (χ2n) is 5.14. The normalized spacial score (nSPS) is 11.2. The summed E-state index contributed by atoms with van der Waals surface area (Å²) in [7, 11) is 1.73. The number of halogens is 1. The SMILES string of the molecule is CN=C(NCCNC(=O)c1ccc(Br)cc1)NCc1sccc1C. The third kappa shape index (κ3) is 5.65. The Kier molecular flexibility index (Phi) is 7.27. The first kappa shape index (κ1) is 18.5. The number of rotatable bonds is 6. The zero-order valence-corrected chi connectivity index (χ0v) is 16.1. The lowest BCUT2D eigenvalue weighted by atomic mass is 10.2. The average Bonchev–Trinajstić information content (AvgIpc) is 2.99. The molecule has 7 heteroatoms. The van der Waals surface area contributed by atoms with Crippen molar-refractivity contribution in [3.05, 3.63) is 56.2 Å². The maximum atomic E-state index is 12.0. The molecule has 0 fully saturated rings. The number of carbonyl (C=O) groups excluding carboxylic acids is 1. The van der Waals surface area contributed by atoms with Gasteiger partial charge < -0.3 is 16.0 Å². The number of thiophene rings is 1. The first-order chi connectivity index (χ1) is 11.6. The van der Waals surface area contributed by atoms with Crippen LogP contribution in [0.25, 0.3) is 0 Å². The highest BCUT2D eigenvalue weighted by molar-refractivity contribution is 9.10. The van der Waals surface area contributed by atoms with Gasteiger partial charge in [0.15, 0.2) is 5.96 Å². The molecule has 24 heavy (non-hydrogen) atoms. The molecular formula is C17H21BrN4OS. The number of hydrogen-bond acceptors (Lipinski definition) is 3. The third-order valence-corrected chi connectivity index (χ3v) is 4.97. The predicted molar refractivity (Wildman–Crippen MR) is 104 cm³/mol. The van der Waals surface area contributed by atoms with Crippen LogP contribution in [0.2, 0.25) is 0 Å². The van der Waals surface area contributed by atoms with Gasteiger partial charge >= 0.3 is 0 Å². The summed E-state index contributed by atoms with van der Waals surface area (Å²) in [6, 6.07) is 9.39. The summed E-state index contributed by atoms with van der Waals surface area (Å²) in [4.78, 5) is 17.5. The first-order valence-corrected chi connectivity index (χ1v) is 9.28. The van der Waals surface area contributed by atoms with Gasteiger partial charge in [-0.2, -0.15) is 0 Å². The minimum atomic E-state index is -0.0820. The van der Waals surface area contributed by atoms with Crippen LogP contribution in [0, 0.1) is 6.92 Å². The van der Waals surface area contributed by atoms with Crippen molar-refractivity contribution in [2.24, 2.45) is 4.99 Å². The second kappa shape index (κ2) is 9.44. The molecule has 1 aromatic carbocycles. The Balaban J connectivity index is 1.69. The monoisotopic (exact) mass is 408 g/mol. The highest BCUT2D eigenvalue weighted by Gasteiger charge is 2.05. The van der Waals surface area contributed by atoms with Crippen LogP contribution in [-0.2, 0) is 6.54 Å². The van der Waals surface area contributed by atoms with E-state index in [0.717, 1.165) is 17.0 Å². The molecule has 0 atom stereocenters. The van der Waals surface area contributed by atoms with Gasteiger partial charge in [0.2, 0.25) is 0 Å². The molecule has 0 radical (unpaired) electrons. The van der Waals surface area contributed by atoms with Crippen molar-refractivity contribution in [1.29, 1.82) is 0 Å². The van der Waals surface area contributed by atoms with Crippen LogP contribution in [0.1, 0.15) is 20.8 Å².